The fraction of sp³-hybridized carbons (Fsp3) is 0.455. The second kappa shape index (κ2) is 3.59. The van der Waals surface area contributed by atoms with Gasteiger partial charge in [-0.1, -0.05) is 30.7 Å². The number of rotatable bonds is 2. The van der Waals surface area contributed by atoms with Gasteiger partial charge in [0, 0.05) is 0 Å². The van der Waals surface area contributed by atoms with Crippen LogP contribution in [0.3, 0.4) is 0 Å². The number of benzene rings is 1. The minimum atomic E-state index is 0.384. The predicted molar refractivity (Wildman–Crippen MR) is 54.3 cm³/mol. The molecule has 1 fully saturated rings. The molecule has 0 unspecified atom stereocenters. The largest absolute Gasteiger partial charge is 0.489 e. The maximum Gasteiger partial charge on any atom is 0.138 e. The summed E-state index contributed by atoms with van der Waals surface area (Å²) in [6.07, 6.45) is 2.70. The summed E-state index contributed by atoms with van der Waals surface area (Å²) in [5, 5.41) is 0.710. The van der Waals surface area contributed by atoms with Crippen molar-refractivity contribution in [3.05, 3.63) is 29.3 Å². The van der Waals surface area contributed by atoms with E-state index < -0.39 is 0 Å². The molecule has 1 aliphatic rings. The fourth-order valence-corrected chi connectivity index (χ4v) is 1.82. The lowest BCUT2D eigenvalue weighted by atomic mass is 9.84. The quantitative estimate of drug-likeness (QED) is 0.704. The molecule has 2 heteroatoms. The van der Waals surface area contributed by atoms with Gasteiger partial charge in [0.15, 0.2) is 0 Å². The fourth-order valence-electron chi connectivity index (χ4n) is 1.64. The lowest BCUT2D eigenvalue weighted by Crippen LogP contribution is -2.31. The Bertz CT molecular complexity index is 292. The molecule has 0 radical (unpaired) electrons. The van der Waals surface area contributed by atoms with Crippen LogP contribution in [0.5, 0.6) is 5.75 Å². The molecule has 0 spiro atoms. The Balaban J connectivity index is 1.98. The summed E-state index contributed by atoms with van der Waals surface area (Å²) >= 11 is 5.96. The lowest BCUT2D eigenvalue weighted by Gasteiger charge is -2.33. The summed E-state index contributed by atoms with van der Waals surface area (Å²) in [5.41, 5.74) is 0. The predicted octanol–water partition coefficient (Wildman–Crippen LogP) is 3.52. The molecule has 0 aromatic heterocycles. The first kappa shape index (κ1) is 8.89. The zero-order chi connectivity index (χ0) is 9.26. The average Bonchev–Trinajstić information content (AvgIpc) is 2.06. The van der Waals surface area contributed by atoms with E-state index in [0.717, 1.165) is 24.5 Å². The molecule has 2 rings (SSSR count). The zero-order valence-corrected chi connectivity index (χ0v) is 8.42. The van der Waals surface area contributed by atoms with Gasteiger partial charge < -0.3 is 4.74 Å². The van der Waals surface area contributed by atoms with E-state index in [1.54, 1.807) is 0 Å². The minimum absolute atomic E-state index is 0.384. The Morgan fingerprint density at radius 3 is 2.62 bits per heavy atom. The van der Waals surface area contributed by atoms with Crippen LogP contribution in [0.2, 0.25) is 5.02 Å². The van der Waals surface area contributed by atoms with Crippen LogP contribution < -0.4 is 4.74 Å². The van der Waals surface area contributed by atoms with Gasteiger partial charge >= 0.3 is 0 Å². The van der Waals surface area contributed by atoms with Crippen LogP contribution in [-0.2, 0) is 0 Å². The molecule has 0 atom stereocenters. The highest BCUT2D eigenvalue weighted by atomic mass is 35.5. The molecule has 1 nitrogen and oxygen atoms in total. The third-order valence-corrected chi connectivity index (χ3v) is 2.77. The zero-order valence-electron chi connectivity index (χ0n) is 7.66. The Hall–Kier alpha value is -0.690. The van der Waals surface area contributed by atoms with Crippen molar-refractivity contribution in [1.82, 2.24) is 0 Å². The van der Waals surface area contributed by atoms with Crippen molar-refractivity contribution < 1.29 is 4.74 Å². The first-order chi connectivity index (χ1) is 6.25. The van der Waals surface area contributed by atoms with E-state index in [-0.39, 0.29) is 0 Å². The Labute approximate surface area is 83.7 Å². The van der Waals surface area contributed by atoms with E-state index in [4.69, 9.17) is 16.3 Å². The lowest BCUT2D eigenvalue weighted by molar-refractivity contribution is 0.0740. The second-order valence-corrected chi connectivity index (χ2v) is 4.15. The summed E-state index contributed by atoms with van der Waals surface area (Å²) in [7, 11) is 0. The van der Waals surface area contributed by atoms with Gasteiger partial charge in [0.05, 0.1) is 11.1 Å². The van der Waals surface area contributed by atoms with Crippen LogP contribution in [0, 0.1) is 5.92 Å². The van der Waals surface area contributed by atoms with Crippen molar-refractivity contribution in [1.29, 1.82) is 0 Å². The van der Waals surface area contributed by atoms with Gasteiger partial charge in [-0.3, -0.25) is 0 Å². The highest BCUT2D eigenvalue weighted by Gasteiger charge is 2.27. The summed E-state index contributed by atoms with van der Waals surface area (Å²) in [5.74, 6) is 1.63. The molecule has 1 saturated carbocycles. The number of ether oxygens (including phenoxy) is 1. The van der Waals surface area contributed by atoms with E-state index in [9.17, 15) is 0 Å². The SMILES string of the molecule is C[C@H]1C[C@@H](Oc2ccccc2Cl)C1. The molecule has 0 amide bonds. The van der Waals surface area contributed by atoms with Crippen molar-refractivity contribution in [3.8, 4) is 5.75 Å². The first-order valence-electron chi connectivity index (χ1n) is 4.67. The van der Waals surface area contributed by atoms with Gasteiger partial charge in [0.1, 0.15) is 5.75 Å². The van der Waals surface area contributed by atoms with Crippen molar-refractivity contribution >= 4 is 11.6 Å². The smallest absolute Gasteiger partial charge is 0.138 e. The summed E-state index contributed by atoms with van der Waals surface area (Å²) in [4.78, 5) is 0. The maximum absolute atomic E-state index is 5.96. The third-order valence-electron chi connectivity index (χ3n) is 2.46. The molecule has 1 aromatic rings. The number of hydrogen-bond acceptors (Lipinski definition) is 1. The van der Waals surface area contributed by atoms with Gasteiger partial charge in [0.2, 0.25) is 0 Å². The second-order valence-electron chi connectivity index (χ2n) is 3.75. The molecule has 0 bridgehead atoms. The summed E-state index contributed by atoms with van der Waals surface area (Å²) < 4.78 is 5.72. The van der Waals surface area contributed by atoms with E-state index in [2.05, 4.69) is 6.92 Å². The third kappa shape index (κ3) is 1.97. The van der Waals surface area contributed by atoms with Crippen LogP contribution in [0.1, 0.15) is 19.8 Å². The molecular weight excluding hydrogens is 184 g/mol. The van der Waals surface area contributed by atoms with Gasteiger partial charge in [-0.25, -0.2) is 0 Å². The molecule has 0 aliphatic heterocycles. The number of halogens is 1. The van der Waals surface area contributed by atoms with Crippen molar-refractivity contribution in [2.75, 3.05) is 0 Å². The van der Waals surface area contributed by atoms with Gasteiger partial charge in [0.25, 0.3) is 0 Å². The first-order valence-corrected chi connectivity index (χ1v) is 5.04. The molecular formula is C11H13ClO. The van der Waals surface area contributed by atoms with Crippen LogP contribution in [0.15, 0.2) is 24.3 Å². The molecule has 0 saturated heterocycles. The van der Waals surface area contributed by atoms with Crippen LogP contribution in [0.4, 0.5) is 0 Å². The normalized spacial score (nSPS) is 26.6. The van der Waals surface area contributed by atoms with Gasteiger partial charge in [-0.2, -0.15) is 0 Å². The minimum Gasteiger partial charge on any atom is -0.489 e. The van der Waals surface area contributed by atoms with E-state index in [0.29, 0.717) is 11.1 Å². The van der Waals surface area contributed by atoms with Gasteiger partial charge in [-0.05, 0) is 30.9 Å². The molecule has 70 valence electrons. The molecule has 1 aromatic carbocycles. The molecule has 1 aliphatic carbocycles. The topological polar surface area (TPSA) is 9.23 Å². The Morgan fingerprint density at radius 2 is 2.00 bits per heavy atom. The van der Waals surface area contributed by atoms with Crippen LogP contribution in [0.25, 0.3) is 0 Å². The molecule has 13 heavy (non-hydrogen) atoms. The summed E-state index contributed by atoms with van der Waals surface area (Å²) in [6, 6.07) is 7.65. The van der Waals surface area contributed by atoms with E-state index in [1.165, 1.54) is 0 Å². The molecule has 0 N–H and O–H groups in total. The van der Waals surface area contributed by atoms with E-state index in [1.807, 2.05) is 24.3 Å². The number of para-hydroxylation sites is 1. The van der Waals surface area contributed by atoms with Gasteiger partial charge in [-0.15, -0.1) is 0 Å². The highest BCUT2D eigenvalue weighted by Crippen LogP contribution is 2.33. The van der Waals surface area contributed by atoms with Crippen LogP contribution in [-0.4, -0.2) is 6.10 Å². The molecule has 0 heterocycles. The Kier molecular flexibility index (Phi) is 2.45. The number of hydrogen-bond donors (Lipinski definition) is 0. The summed E-state index contributed by atoms with van der Waals surface area (Å²) in [6.45, 7) is 2.24. The van der Waals surface area contributed by atoms with Crippen molar-refractivity contribution in [2.45, 2.75) is 25.9 Å². The monoisotopic (exact) mass is 196 g/mol. The maximum atomic E-state index is 5.96. The van der Waals surface area contributed by atoms with Crippen molar-refractivity contribution in [2.24, 2.45) is 5.92 Å². The average molecular weight is 197 g/mol. The van der Waals surface area contributed by atoms with Crippen LogP contribution >= 0.6 is 11.6 Å². The Morgan fingerprint density at radius 1 is 1.31 bits per heavy atom. The van der Waals surface area contributed by atoms with E-state index >= 15 is 0 Å². The standard InChI is InChI=1S/C11H13ClO/c1-8-6-9(7-8)13-11-5-3-2-4-10(11)12/h2-5,8-9H,6-7H2,1H3/t8-,9+. The highest BCUT2D eigenvalue weighted by molar-refractivity contribution is 6.32. The van der Waals surface area contributed by atoms with Crippen molar-refractivity contribution in [3.63, 3.8) is 0 Å².